The van der Waals surface area contributed by atoms with Gasteiger partial charge in [-0.3, -0.25) is 9.78 Å². The first kappa shape index (κ1) is 13.0. The second-order valence-corrected chi connectivity index (χ2v) is 4.36. The van der Waals surface area contributed by atoms with Crippen LogP contribution in [0.15, 0.2) is 48.8 Å². The number of halogens is 1. The number of primary amides is 1. The predicted octanol–water partition coefficient (Wildman–Crippen LogP) is 2.03. The molecule has 0 saturated carbocycles. The Bertz CT molecular complexity index is 588. The summed E-state index contributed by atoms with van der Waals surface area (Å²) in [5.41, 5.74) is 5.50. The van der Waals surface area contributed by atoms with Crippen LogP contribution in [0.25, 0.3) is 0 Å². The van der Waals surface area contributed by atoms with E-state index in [1.165, 1.54) is 12.1 Å². The minimum atomic E-state index is -1.13. The van der Waals surface area contributed by atoms with Crippen LogP contribution in [0.5, 0.6) is 0 Å². The molecule has 0 saturated heterocycles. The summed E-state index contributed by atoms with van der Waals surface area (Å²) in [5.74, 6) is -0.936. The van der Waals surface area contributed by atoms with Crippen LogP contribution in [0.3, 0.4) is 0 Å². The molecular formula is C14H14FN3O. The molecule has 1 heterocycles. The predicted molar refractivity (Wildman–Crippen MR) is 70.8 cm³/mol. The zero-order valence-corrected chi connectivity index (χ0v) is 10.4. The average molecular weight is 259 g/mol. The summed E-state index contributed by atoms with van der Waals surface area (Å²) in [6, 6.07) is 9.26. The van der Waals surface area contributed by atoms with Gasteiger partial charge in [-0.05, 0) is 42.8 Å². The second kappa shape index (κ2) is 5.06. The van der Waals surface area contributed by atoms with E-state index in [2.05, 4.69) is 10.3 Å². The third kappa shape index (κ3) is 2.70. The third-order valence-corrected chi connectivity index (χ3v) is 2.97. The molecule has 1 atom stereocenters. The van der Waals surface area contributed by atoms with Gasteiger partial charge in [0.2, 0.25) is 5.91 Å². The van der Waals surface area contributed by atoms with Gasteiger partial charge in [0, 0.05) is 18.1 Å². The van der Waals surface area contributed by atoms with Gasteiger partial charge in [0.15, 0.2) is 0 Å². The van der Waals surface area contributed by atoms with E-state index in [1.54, 1.807) is 43.6 Å². The van der Waals surface area contributed by atoms with Crippen molar-refractivity contribution in [3.63, 3.8) is 0 Å². The van der Waals surface area contributed by atoms with Crippen molar-refractivity contribution in [2.24, 2.45) is 5.73 Å². The summed E-state index contributed by atoms with van der Waals surface area (Å²) in [6.45, 7) is 1.65. The Morgan fingerprint density at radius 2 is 2.00 bits per heavy atom. The van der Waals surface area contributed by atoms with E-state index in [9.17, 15) is 9.18 Å². The van der Waals surface area contributed by atoms with E-state index in [4.69, 9.17) is 5.73 Å². The number of pyridine rings is 1. The van der Waals surface area contributed by atoms with E-state index in [-0.39, 0.29) is 5.82 Å². The maximum atomic E-state index is 13.2. The lowest BCUT2D eigenvalue weighted by molar-refractivity contribution is -0.122. The first-order chi connectivity index (χ1) is 9.02. The van der Waals surface area contributed by atoms with E-state index in [1.807, 2.05) is 0 Å². The molecule has 5 heteroatoms. The fourth-order valence-electron chi connectivity index (χ4n) is 1.82. The largest absolute Gasteiger partial charge is 0.368 e. The topological polar surface area (TPSA) is 68.0 Å². The molecule has 1 aromatic carbocycles. The standard InChI is InChI=1S/C14H14FN3O/c1-14(13(16)19,10-5-7-17-8-6-10)18-12-4-2-3-11(15)9-12/h2-9,18H,1H3,(H2,16,19). The van der Waals surface area contributed by atoms with Crippen LogP contribution >= 0.6 is 0 Å². The van der Waals surface area contributed by atoms with E-state index in [0.29, 0.717) is 11.3 Å². The van der Waals surface area contributed by atoms with Crippen molar-refractivity contribution in [1.29, 1.82) is 0 Å². The van der Waals surface area contributed by atoms with Crippen molar-refractivity contribution in [2.75, 3.05) is 5.32 Å². The lowest BCUT2D eigenvalue weighted by Crippen LogP contribution is -2.45. The van der Waals surface area contributed by atoms with Crippen molar-refractivity contribution in [3.8, 4) is 0 Å². The zero-order chi connectivity index (χ0) is 13.9. The Hall–Kier alpha value is -2.43. The Morgan fingerprint density at radius 1 is 1.32 bits per heavy atom. The van der Waals surface area contributed by atoms with Crippen LogP contribution in [-0.4, -0.2) is 10.9 Å². The van der Waals surface area contributed by atoms with Crippen LogP contribution < -0.4 is 11.1 Å². The molecule has 98 valence electrons. The maximum absolute atomic E-state index is 13.2. The SMILES string of the molecule is CC(Nc1cccc(F)c1)(C(N)=O)c1ccncc1. The number of anilines is 1. The van der Waals surface area contributed by atoms with E-state index >= 15 is 0 Å². The van der Waals surface area contributed by atoms with Gasteiger partial charge in [0.25, 0.3) is 0 Å². The number of nitrogens with one attached hydrogen (secondary N) is 1. The molecule has 0 bridgehead atoms. The van der Waals surface area contributed by atoms with Gasteiger partial charge in [-0.25, -0.2) is 4.39 Å². The number of carbonyl (C=O) groups excluding carboxylic acids is 1. The zero-order valence-electron chi connectivity index (χ0n) is 10.4. The van der Waals surface area contributed by atoms with Crippen molar-refractivity contribution in [3.05, 3.63) is 60.2 Å². The number of nitrogens with zero attached hydrogens (tertiary/aromatic N) is 1. The summed E-state index contributed by atoms with van der Waals surface area (Å²) >= 11 is 0. The van der Waals surface area contributed by atoms with Gasteiger partial charge < -0.3 is 11.1 Å². The Balaban J connectivity index is 2.39. The molecule has 0 aliphatic rings. The minimum absolute atomic E-state index is 0.383. The summed E-state index contributed by atoms with van der Waals surface area (Å²) in [4.78, 5) is 15.7. The van der Waals surface area contributed by atoms with Crippen LogP contribution in [0.2, 0.25) is 0 Å². The molecule has 2 rings (SSSR count). The highest BCUT2D eigenvalue weighted by Crippen LogP contribution is 2.25. The van der Waals surface area contributed by atoms with Gasteiger partial charge in [-0.2, -0.15) is 0 Å². The quantitative estimate of drug-likeness (QED) is 0.882. The number of carbonyl (C=O) groups is 1. The Labute approximate surface area is 110 Å². The molecule has 1 amide bonds. The van der Waals surface area contributed by atoms with Crippen molar-refractivity contribution in [2.45, 2.75) is 12.5 Å². The Kier molecular flexibility index (Phi) is 3.46. The lowest BCUT2D eigenvalue weighted by Gasteiger charge is -2.29. The molecule has 0 spiro atoms. The van der Waals surface area contributed by atoms with Crippen LogP contribution in [0, 0.1) is 5.82 Å². The van der Waals surface area contributed by atoms with Gasteiger partial charge in [-0.1, -0.05) is 6.07 Å². The average Bonchev–Trinajstić information content (AvgIpc) is 2.39. The monoisotopic (exact) mass is 259 g/mol. The highest BCUT2D eigenvalue weighted by Gasteiger charge is 2.33. The highest BCUT2D eigenvalue weighted by molar-refractivity contribution is 5.88. The molecule has 0 radical (unpaired) electrons. The number of benzene rings is 1. The molecule has 19 heavy (non-hydrogen) atoms. The van der Waals surface area contributed by atoms with Crippen LogP contribution in [0.1, 0.15) is 12.5 Å². The first-order valence-corrected chi connectivity index (χ1v) is 5.76. The lowest BCUT2D eigenvalue weighted by atomic mass is 9.91. The van der Waals surface area contributed by atoms with Gasteiger partial charge >= 0.3 is 0 Å². The number of hydrogen-bond acceptors (Lipinski definition) is 3. The molecule has 0 fully saturated rings. The molecule has 0 aliphatic carbocycles. The molecule has 3 N–H and O–H groups in total. The minimum Gasteiger partial charge on any atom is -0.368 e. The van der Waals surface area contributed by atoms with Crippen molar-refractivity contribution >= 4 is 11.6 Å². The van der Waals surface area contributed by atoms with Crippen LogP contribution in [-0.2, 0) is 10.3 Å². The number of rotatable bonds is 4. The fourth-order valence-corrected chi connectivity index (χ4v) is 1.82. The van der Waals surface area contributed by atoms with Crippen LogP contribution in [0.4, 0.5) is 10.1 Å². The number of aromatic nitrogens is 1. The Morgan fingerprint density at radius 3 is 2.58 bits per heavy atom. The fraction of sp³-hybridized carbons (Fsp3) is 0.143. The summed E-state index contributed by atoms with van der Waals surface area (Å²) in [5, 5.41) is 2.97. The van der Waals surface area contributed by atoms with E-state index in [0.717, 1.165) is 0 Å². The molecule has 1 unspecified atom stereocenters. The van der Waals surface area contributed by atoms with E-state index < -0.39 is 11.4 Å². The van der Waals surface area contributed by atoms with Gasteiger partial charge in [0.05, 0.1) is 0 Å². The summed E-state index contributed by atoms with van der Waals surface area (Å²) in [6.07, 6.45) is 3.15. The molecule has 2 aromatic rings. The molecule has 4 nitrogen and oxygen atoms in total. The maximum Gasteiger partial charge on any atom is 0.247 e. The third-order valence-electron chi connectivity index (χ3n) is 2.97. The van der Waals surface area contributed by atoms with Crippen molar-refractivity contribution < 1.29 is 9.18 Å². The number of amides is 1. The molecular weight excluding hydrogens is 245 g/mol. The smallest absolute Gasteiger partial charge is 0.247 e. The summed E-state index contributed by atoms with van der Waals surface area (Å²) < 4.78 is 13.2. The van der Waals surface area contributed by atoms with Crippen molar-refractivity contribution in [1.82, 2.24) is 4.98 Å². The first-order valence-electron chi connectivity index (χ1n) is 5.76. The molecule has 0 aliphatic heterocycles. The van der Waals surface area contributed by atoms with Gasteiger partial charge in [0.1, 0.15) is 11.4 Å². The van der Waals surface area contributed by atoms with Gasteiger partial charge in [-0.15, -0.1) is 0 Å². The second-order valence-electron chi connectivity index (χ2n) is 4.36. The highest BCUT2D eigenvalue weighted by atomic mass is 19.1. The molecule has 1 aromatic heterocycles. The summed E-state index contributed by atoms with van der Waals surface area (Å²) in [7, 11) is 0. The number of hydrogen-bond donors (Lipinski definition) is 2. The normalized spacial score (nSPS) is 13.6. The number of nitrogens with two attached hydrogens (primary N) is 1.